The van der Waals surface area contributed by atoms with Crippen LogP contribution in [0.5, 0.6) is 0 Å². The van der Waals surface area contributed by atoms with Crippen LogP contribution in [0.15, 0.2) is 0 Å². The highest BCUT2D eigenvalue weighted by atomic mass is 16.5. The van der Waals surface area contributed by atoms with Gasteiger partial charge in [-0.25, -0.2) is 4.79 Å². The van der Waals surface area contributed by atoms with Crippen LogP contribution in [0.25, 0.3) is 0 Å². The summed E-state index contributed by atoms with van der Waals surface area (Å²) in [7, 11) is 4.43. The van der Waals surface area contributed by atoms with Crippen molar-refractivity contribution in [2.75, 3.05) is 34.4 Å². The molecule has 0 aliphatic heterocycles. The molecule has 26 heavy (non-hydrogen) atoms. The number of hydrogen-bond acceptors (Lipinski definition) is 6. The summed E-state index contributed by atoms with van der Waals surface area (Å²) < 4.78 is 4.88. The number of methoxy groups -OCH3 is 1. The summed E-state index contributed by atoms with van der Waals surface area (Å²) >= 11 is 0. The second-order valence-electron chi connectivity index (χ2n) is 5.82. The summed E-state index contributed by atoms with van der Waals surface area (Å²) in [5, 5.41) is 25.4. The first-order chi connectivity index (χ1) is 12.1. The Balaban J connectivity index is 4.64. The maximum absolute atomic E-state index is 11.9. The fourth-order valence-electron chi connectivity index (χ4n) is 2.13. The number of carbonyl (C=O) groups is 4. The fraction of sp³-hybridized carbons (Fsp3) is 0.733. The number of aliphatic hydroxyl groups is 1. The third-order valence-electron chi connectivity index (χ3n) is 3.39. The van der Waals surface area contributed by atoms with E-state index >= 15 is 0 Å². The van der Waals surface area contributed by atoms with Gasteiger partial charge < -0.3 is 35.8 Å². The molecular formula is C15H28N4O7. The number of rotatable bonds is 11. The maximum Gasteiger partial charge on any atom is 0.404 e. The molecule has 0 radical (unpaired) electrons. The van der Waals surface area contributed by atoms with E-state index in [0.29, 0.717) is 6.42 Å². The van der Waals surface area contributed by atoms with Crippen LogP contribution in [0.3, 0.4) is 0 Å². The van der Waals surface area contributed by atoms with Crippen molar-refractivity contribution in [2.45, 2.75) is 38.0 Å². The van der Waals surface area contributed by atoms with Crippen LogP contribution in [0.1, 0.15) is 19.8 Å². The molecule has 150 valence electrons. The molecule has 4 amide bonds. The lowest BCUT2D eigenvalue weighted by molar-refractivity contribution is -0.136. The zero-order valence-electron chi connectivity index (χ0n) is 15.4. The Labute approximate surface area is 152 Å². The Kier molecular flexibility index (Phi) is 10.9. The number of likely N-dealkylation sites (N-methyl/N-ethyl adjacent to an activating group) is 1. The van der Waals surface area contributed by atoms with E-state index in [9.17, 15) is 24.3 Å². The number of ether oxygens (including phenoxy) is 1. The van der Waals surface area contributed by atoms with Gasteiger partial charge in [-0.2, -0.15) is 0 Å². The van der Waals surface area contributed by atoms with E-state index in [1.165, 1.54) is 26.1 Å². The van der Waals surface area contributed by atoms with E-state index in [-0.39, 0.29) is 18.9 Å². The smallest absolute Gasteiger partial charge is 0.404 e. The van der Waals surface area contributed by atoms with Crippen LogP contribution < -0.4 is 16.0 Å². The number of aliphatic hydroxyl groups excluding tert-OH is 1. The van der Waals surface area contributed by atoms with Crippen molar-refractivity contribution in [1.82, 2.24) is 20.9 Å². The summed E-state index contributed by atoms with van der Waals surface area (Å²) in [6.45, 7) is 1.25. The van der Waals surface area contributed by atoms with Gasteiger partial charge in [-0.15, -0.1) is 0 Å². The predicted molar refractivity (Wildman–Crippen MR) is 91.4 cm³/mol. The number of nitrogens with zero attached hydrogens (tertiary/aromatic N) is 1. The van der Waals surface area contributed by atoms with E-state index in [2.05, 4.69) is 16.0 Å². The highest BCUT2D eigenvalue weighted by Gasteiger charge is 2.28. The summed E-state index contributed by atoms with van der Waals surface area (Å²) in [4.78, 5) is 47.8. The molecule has 0 heterocycles. The summed E-state index contributed by atoms with van der Waals surface area (Å²) in [5.41, 5.74) is 0. The molecule has 11 nitrogen and oxygen atoms in total. The van der Waals surface area contributed by atoms with E-state index in [0.717, 1.165) is 0 Å². The van der Waals surface area contributed by atoms with Crippen LogP contribution in [0.2, 0.25) is 0 Å². The Bertz CT molecular complexity index is 498. The first-order valence-corrected chi connectivity index (χ1v) is 8.08. The average molecular weight is 376 g/mol. The molecule has 0 aromatic carbocycles. The van der Waals surface area contributed by atoms with Crippen molar-refractivity contribution in [3.8, 4) is 0 Å². The topological polar surface area (TPSA) is 157 Å². The van der Waals surface area contributed by atoms with Crippen molar-refractivity contribution in [1.29, 1.82) is 0 Å². The van der Waals surface area contributed by atoms with E-state index in [1.54, 1.807) is 6.92 Å². The minimum atomic E-state index is -1.64. The Morgan fingerprint density at radius 2 is 1.77 bits per heavy atom. The molecule has 0 bridgehead atoms. The van der Waals surface area contributed by atoms with Crippen molar-refractivity contribution in [3.63, 3.8) is 0 Å². The van der Waals surface area contributed by atoms with Crippen molar-refractivity contribution >= 4 is 23.8 Å². The third-order valence-corrected chi connectivity index (χ3v) is 3.39. The molecule has 0 saturated heterocycles. The van der Waals surface area contributed by atoms with Crippen molar-refractivity contribution < 1.29 is 34.1 Å². The van der Waals surface area contributed by atoms with Crippen LogP contribution in [0, 0.1) is 0 Å². The number of amides is 4. The molecule has 0 aliphatic carbocycles. The van der Waals surface area contributed by atoms with Crippen LogP contribution in [0.4, 0.5) is 4.79 Å². The van der Waals surface area contributed by atoms with E-state index in [4.69, 9.17) is 9.84 Å². The lowest BCUT2D eigenvalue weighted by atomic mass is 10.1. The summed E-state index contributed by atoms with van der Waals surface area (Å²) in [5.74, 6) is -1.92. The van der Waals surface area contributed by atoms with Gasteiger partial charge in [0.15, 0.2) is 6.10 Å². The number of carboxylic acid groups (broad SMARTS) is 1. The van der Waals surface area contributed by atoms with Gasteiger partial charge in [0.05, 0.1) is 19.2 Å². The minimum Gasteiger partial charge on any atom is -0.465 e. The van der Waals surface area contributed by atoms with Gasteiger partial charge in [-0.05, 0) is 6.42 Å². The normalized spacial score (nSPS) is 13.9. The van der Waals surface area contributed by atoms with Gasteiger partial charge in [0, 0.05) is 21.2 Å². The number of carbonyl (C=O) groups excluding carboxylic acids is 3. The molecule has 0 aliphatic rings. The molecule has 0 saturated carbocycles. The molecule has 0 aromatic rings. The zero-order valence-corrected chi connectivity index (χ0v) is 15.4. The fourth-order valence-corrected chi connectivity index (χ4v) is 2.13. The Morgan fingerprint density at radius 1 is 1.15 bits per heavy atom. The number of nitrogens with one attached hydrogen (secondary N) is 3. The quantitative estimate of drug-likeness (QED) is 0.282. The van der Waals surface area contributed by atoms with Crippen LogP contribution in [-0.4, -0.2) is 91.5 Å². The minimum absolute atomic E-state index is 0.0412. The Hall–Kier alpha value is -2.40. The lowest BCUT2D eigenvalue weighted by Gasteiger charge is -2.23. The number of hydrogen-bond donors (Lipinski definition) is 5. The first kappa shape index (κ1) is 23.6. The molecule has 3 atom stereocenters. The van der Waals surface area contributed by atoms with Crippen LogP contribution >= 0.6 is 0 Å². The zero-order chi connectivity index (χ0) is 20.3. The molecule has 0 rings (SSSR count). The van der Waals surface area contributed by atoms with Gasteiger partial charge >= 0.3 is 6.09 Å². The molecule has 0 fully saturated rings. The molecule has 1 unspecified atom stereocenters. The molecule has 5 N–H and O–H groups in total. The van der Waals surface area contributed by atoms with Gasteiger partial charge in [0.25, 0.3) is 5.91 Å². The monoisotopic (exact) mass is 376 g/mol. The van der Waals surface area contributed by atoms with Gasteiger partial charge in [-0.1, -0.05) is 13.3 Å². The Morgan fingerprint density at radius 3 is 2.23 bits per heavy atom. The van der Waals surface area contributed by atoms with Gasteiger partial charge in [-0.3, -0.25) is 14.4 Å². The highest BCUT2D eigenvalue weighted by molar-refractivity contribution is 5.91. The predicted octanol–water partition coefficient (Wildman–Crippen LogP) is -1.88. The summed E-state index contributed by atoms with van der Waals surface area (Å²) in [6.07, 6.45) is -2.21. The standard InChI is InChI=1S/C15H28N4O7/c1-5-6-9(18-15(24)25)12(21)13(22)16-7-11(20)17-10(8-26-4)14(23)19(2)3/h9-10,12,18,21H,5-8H2,1-4H3,(H,16,22)(H,17,20)(H,24,25)/t9-,10-,12?/m0/s1. The van der Waals surface area contributed by atoms with Gasteiger partial charge in [0.1, 0.15) is 6.04 Å². The second kappa shape index (κ2) is 12.0. The van der Waals surface area contributed by atoms with Gasteiger partial charge in [0.2, 0.25) is 11.8 Å². The lowest BCUT2D eigenvalue weighted by Crippen LogP contribution is -2.54. The van der Waals surface area contributed by atoms with Crippen molar-refractivity contribution in [2.24, 2.45) is 0 Å². The highest BCUT2D eigenvalue weighted by Crippen LogP contribution is 2.03. The molecule has 0 aromatic heterocycles. The summed E-state index contributed by atoms with van der Waals surface area (Å²) in [6, 6.07) is -1.90. The first-order valence-electron chi connectivity index (χ1n) is 8.08. The van der Waals surface area contributed by atoms with Crippen molar-refractivity contribution in [3.05, 3.63) is 0 Å². The van der Waals surface area contributed by atoms with Crippen LogP contribution in [-0.2, 0) is 19.1 Å². The molecular weight excluding hydrogens is 348 g/mol. The molecule has 11 heteroatoms. The maximum atomic E-state index is 11.9. The SMILES string of the molecule is CCC[C@H](NC(=O)O)C(O)C(=O)NCC(=O)N[C@@H](COC)C(=O)N(C)C. The van der Waals surface area contributed by atoms with E-state index < -0.39 is 42.6 Å². The second-order valence-corrected chi connectivity index (χ2v) is 5.82. The third kappa shape index (κ3) is 8.62. The molecule has 0 spiro atoms. The average Bonchev–Trinajstić information content (AvgIpc) is 2.57. The largest absolute Gasteiger partial charge is 0.465 e. The van der Waals surface area contributed by atoms with E-state index in [1.807, 2.05) is 0 Å².